The highest BCUT2D eigenvalue weighted by Gasteiger charge is 2.19. The zero-order valence-corrected chi connectivity index (χ0v) is 11.3. The smallest absolute Gasteiger partial charge is 0.265 e. The summed E-state index contributed by atoms with van der Waals surface area (Å²) in [6, 6.07) is 1.79. The highest BCUT2D eigenvalue weighted by molar-refractivity contribution is 7.21. The van der Waals surface area contributed by atoms with Crippen molar-refractivity contribution in [1.29, 1.82) is 0 Å². The van der Waals surface area contributed by atoms with Crippen molar-refractivity contribution >= 4 is 33.1 Å². The fourth-order valence-corrected chi connectivity index (χ4v) is 2.73. The number of hydrogen-bond acceptors (Lipinski definition) is 5. The molecular weight excluding hydrogens is 248 g/mol. The summed E-state index contributed by atoms with van der Waals surface area (Å²) in [4.78, 5) is 15.2. The monoisotopic (exact) mass is 264 g/mol. The van der Waals surface area contributed by atoms with Gasteiger partial charge in [-0.2, -0.15) is 5.10 Å². The van der Waals surface area contributed by atoms with Crippen molar-refractivity contribution in [2.75, 3.05) is 19.3 Å². The third-order valence-electron chi connectivity index (χ3n) is 2.81. The number of aromatic nitrogens is 2. The molecule has 0 aliphatic carbocycles. The first-order chi connectivity index (χ1) is 8.65. The maximum Gasteiger partial charge on any atom is 0.265 e. The summed E-state index contributed by atoms with van der Waals surface area (Å²) in [6.45, 7) is 2.84. The van der Waals surface area contributed by atoms with Crippen LogP contribution in [0.1, 0.15) is 29.4 Å². The summed E-state index contributed by atoms with van der Waals surface area (Å²) in [5, 5.41) is 8.59. The van der Waals surface area contributed by atoms with Crippen molar-refractivity contribution in [3.8, 4) is 0 Å². The zero-order chi connectivity index (χ0) is 13.1. The van der Waals surface area contributed by atoms with Crippen LogP contribution in [0, 0.1) is 0 Å². The summed E-state index contributed by atoms with van der Waals surface area (Å²) < 4.78 is 0. The first-order valence-electron chi connectivity index (χ1n) is 5.90. The lowest BCUT2D eigenvalue weighted by molar-refractivity contribution is 0.0799. The summed E-state index contributed by atoms with van der Waals surface area (Å²) in [5.41, 5.74) is 6.51. The van der Waals surface area contributed by atoms with Gasteiger partial charge in [-0.05, 0) is 12.5 Å². The molecule has 0 aliphatic heterocycles. The van der Waals surface area contributed by atoms with Crippen LogP contribution in [0.5, 0.6) is 0 Å². The fourth-order valence-electron chi connectivity index (χ4n) is 1.70. The molecular formula is C12H16N4OS. The molecule has 2 rings (SSSR count). The molecule has 0 aliphatic rings. The molecule has 2 aromatic heterocycles. The zero-order valence-electron chi connectivity index (χ0n) is 10.5. The van der Waals surface area contributed by atoms with Crippen LogP contribution in [0.2, 0.25) is 0 Å². The number of thiophene rings is 1. The maximum atomic E-state index is 12.2. The molecule has 2 heterocycles. The van der Waals surface area contributed by atoms with Crippen LogP contribution in [0.3, 0.4) is 0 Å². The third-order valence-corrected chi connectivity index (χ3v) is 3.90. The lowest BCUT2D eigenvalue weighted by Crippen LogP contribution is -2.27. The van der Waals surface area contributed by atoms with E-state index in [9.17, 15) is 4.79 Å². The van der Waals surface area contributed by atoms with Crippen molar-refractivity contribution in [2.45, 2.75) is 19.8 Å². The molecule has 2 N–H and O–H groups in total. The van der Waals surface area contributed by atoms with Gasteiger partial charge in [-0.1, -0.05) is 13.3 Å². The maximum absolute atomic E-state index is 12.2. The van der Waals surface area contributed by atoms with Crippen molar-refractivity contribution in [1.82, 2.24) is 15.1 Å². The van der Waals surface area contributed by atoms with Crippen molar-refractivity contribution in [3.05, 3.63) is 17.1 Å². The normalized spacial score (nSPS) is 10.8. The van der Waals surface area contributed by atoms with Gasteiger partial charge in [0.1, 0.15) is 9.71 Å². The van der Waals surface area contributed by atoms with E-state index in [1.807, 2.05) is 0 Å². The Morgan fingerprint density at radius 3 is 3.00 bits per heavy atom. The molecule has 0 aromatic carbocycles. The summed E-state index contributed by atoms with van der Waals surface area (Å²) in [6.07, 6.45) is 3.64. The molecule has 0 unspecified atom stereocenters. The number of unbranched alkanes of at least 4 members (excludes halogenated alkanes) is 1. The predicted molar refractivity (Wildman–Crippen MR) is 73.7 cm³/mol. The van der Waals surface area contributed by atoms with E-state index in [-0.39, 0.29) is 5.91 Å². The van der Waals surface area contributed by atoms with Gasteiger partial charge in [0, 0.05) is 19.0 Å². The molecule has 0 saturated heterocycles. The van der Waals surface area contributed by atoms with E-state index >= 15 is 0 Å². The molecule has 5 nitrogen and oxygen atoms in total. The van der Waals surface area contributed by atoms with Gasteiger partial charge in [0.2, 0.25) is 0 Å². The number of nitrogen functional groups attached to an aromatic ring is 1. The van der Waals surface area contributed by atoms with E-state index in [2.05, 4.69) is 17.1 Å². The van der Waals surface area contributed by atoms with E-state index in [0.29, 0.717) is 15.4 Å². The second kappa shape index (κ2) is 5.30. The van der Waals surface area contributed by atoms with Gasteiger partial charge in [-0.15, -0.1) is 16.4 Å². The Balaban J connectivity index is 2.30. The highest BCUT2D eigenvalue weighted by Crippen LogP contribution is 2.32. The first kappa shape index (κ1) is 12.8. The topological polar surface area (TPSA) is 72.1 Å². The van der Waals surface area contributed by atoms with Gasteiger partial charge in [0.15, 0.2) is 0 Å². The third kappa shape index (κ3) is 2.28. The number of amides is 1. The SMILES string of the molecule is CCCCN(C)C(=O)c1sc2nnccc2c1N. The standard InChI is InChI=1S/C12H16N4OS/c1-3-4-7-16(2)12(17)10-9(13)8-5-6-14-15-11(8)18-10/h5-6H,3-4,7,13H2,1-2H3. The van der Waals surface area contributed by atoms with Crippen LogP contribution in [0.15, 0.2) is 12.3 Å². The fraction of sp³-hybridized carbons (Fsp3) is 0.417. The van der Waals surface area contributed by atoms with Crippen LogP contribution in [0.25, 0.3) is 10.2 Å². The minimum Gasteiger partial charge on any atom is -0.397 e. The van der Waals surface area contributed by atoms with Crippen LogP contribution in [-0.2, 0) is 0 Å². The Kier molecular flexibility index (Phi) is 3.76. The van der Waals surface area contributed by atoms with Crippen LogP contribution >= 0.6 is 11.3 Å². The molecule has 18 heavy (non-hydrogen) atoms. The van der Waals surface area contributed by atoms with E-state index in [1.165, 1.54) is 11.3 Å². The predicted octanol–water partition coefficient (Wildman–Crippen LogP) is 2.15. The van der Waals surface area contributed by atoms with Crippen molar-refractivity contribution in [2.24, 2.45) is 0 Å². The van der Waals surface area contributed by atoms with E-state index in [1.54, 1.807) is 24.2 Å². The molecule has 2 aromatic rings. The number of carbonyl (C=O) groups excluding carboxylic acids is 1. The average Bonchev–Trinajstić information content (AvgIpc) is 2.73. The Labute approximate surface area is 110 Å². The van der Waals surface area contributed by atoms with Gasteiger partial charge in [0.25, 0.3) is 5.91 Å². The number of carbonyl (C=O) groups is 1. The van der Waals surface area contributed by atoms with Crippen LogP contribution < -0.4 is 5.73 Å². The molecule has 0 atom stereocenters. The molecule has 0 spiro atoms. The van der Waals surface area contributed by atoms with E-state index in [0.717, 1.165) is 24.8 Å². The second-order valence-electron chi connectivity index (χ2n) is 4.18. The molecule has 6 heteroatoms. The largest absolute Gasteiger partial charge is 0.397 e. The Bertz CT molecular complexity index is 566. The van der Waals surface area contributed by atoms with Crippen LogP contribution in [0.4, 0.5) is 5.69 Å². The van der Waals surface area contributed by atoms with E-state index < -0.39 is 0 Å². The number of anilines is 1. The number of nitrogens with two attached hydrogens (primary N) is 1. The number of nitrogens with zero attached hydrogens (tertiary/aromatic N) is 3. The summed E-state index contributed by atoms with van der Waals surface area (Å²) >= 11 is 1.30. The Morgan fingerprint density at radius 2 is 2.33 bits per heavy atom. The van der Waals surface area contributed by atoms with E-state index in [4.69, 9.17) is 5.73 Å². The first-order valence-corrected chi connectivity index (χ1v) is 6.72. The number of fused-ring (bicyclic) bond motifs is 1. The Hall–Kier alpha value is -1.69. The van der Waals surface area contributed by atoms with Crippen molar-refractivity contribution in [3.63, 3.8) is 0 Å². The molecule has 0 bridgehead atoms. The molecule has 0 radical (unpaired) electrons. The van der Waals surface area contributed by atoms with Gasteiger partial charge < -0.3 is 10.6 Å². The van der Waals surface area contributed by atoms with Gasteiger partial charge in [0.05, 0.1) is 11.9 Å². The minimum absolute atomic E-state index is 0.0380. The van der Waals surface area contributed by atoms with Gasteiger partial charge >= 0.3 is 0 Å². The summed E-state index contributed by atoms with van der Waals surface area (Å²) in [5.74, 6) is -0.0380. The number of rotatable bonds is 4. The average molecular weight is 264 g/mol. The van der Waals surface area contributed by atoms with Gasteiger partial charge in [-0.25, -0.2) is 0 Å². The van der Waals surface area contributed by atoms with Crippen molar-refractivity contribution < 1.29 is 4.79 Å². The summed E-state index contributed by atoms with van der Waals surface area (Å²) in [7, 11) is 1.80. The lowest BCUT2D eigenvalue weighted by Gasteiger charge is -2.15. The molecule has 0 fully saturated rings. The van der Waals surface area contributed by atoms with Crippen LogP contribution in [-0.4, -0.2) is 34.6 Å². The molecule has 0 saturated carbocycles. The lowest BCUT2D eigenvalue weighted by atomic mass is 10.2. The molecule has 96 valence electrons. The number of hydrogen-bond donors (Lipinski definition) is 1. The molecule has 1 amide bonds. The van der Waals surface area contributed by atoms with Gasteiger partial charge in [-0.3, -0.25) is 4.79 Å². The highest BCUT2D eigenvalue weighted by atomic mass is 32.1. The minimum atomic E-state index is -0.0380. The quantitative estimate of drug-likeness (QED) is 0.918. The second-order valence-corrected chi connectivity index (χ2v) is 5.17. The Morgan fingerprint density at radius 1 is 1.56 bits per heavy atom.